The van der Waals surface area contributed by atoms with E-state index >= 15 is 0 Å². The highest BCUT2D eigenvalue weighted by molar-refractivity contribution is 5.83. The first-order chi connectivity index (χ1) is 17.9. The summed E-state index contributed by atoms with van der Waals surface area (Å²) in [4.78, 5) is 0. The smallest absolute Gasteiger partial charge is 0.0132 e. The molecule has 3 aromatic carbocycles. The molecule has 0 bridgehead atoms. The first kappa shape index (κ1) is 30.7. The van der Waals surface area contributed by atoms with Gasteiger partial charge in [0.2, 0.25) is 0 Å². The molecule has 0 aliphatic heterocycles. The van der Waals surface area contributed by atoms with Crippen molar-refractivity contribution < 1.29 is 0 Å². The highest BCUT2D eigenvalue weighted by Crippen LogP contribution is 2.39. The van der Waals surface area contributed by atoms with Gasteiger partial charge in [0, 0.05) is 0 Å². The van der Waals surface area contributed by atoms with Crippen LogP contribution < -0.4 is 0 Å². The number of hydrogen-bond donors (Lipinski definition) is 0. The minimum absolute atomic E-state index is 0.0820. The molecule has 0 N–H and O–H groups in total. The van der Waals surface area contributed by atoms with Crippen LogP contribution in [0.15, 0.2) is 85.0 Å². The summed E-state index contributed by atoms with van der Waals surface area (Å²) in [6, 6.07) is 25.1. The maximum absolute atomic E-state index is 4.61. The van der Waals surface area contributed by atoms with Gasteiger partial charge in [0.1, 0.15) is 0 Å². The lowest BCUT2D eigenvalue weighted by Gasteiger charge is -2.31. The summed E-state index contributed by atoms with van der Waals surface area (Å²) in [5.41, 5.74) is 11.7. The molecule has 0 saturated carbocycles. The van der Waals surface area contributed by atoms with Crippen molar-refractivity contribution in [1.82, 2.24) is 0 Å². The Hall–Kier alpha value is -2.86. The normalized spacial score (nSPS) is 14.0. The lowest BCUT2D eigenvalue weighted by atomic mass is 9.74. The Bertz CT molecular complexity index is 1230. The average molecular weight is 521 g/mol. The molecule has 3 aromatic rings. The van der Waals surface area contributed by atoms with Gasteiger partial charge in [0.15, 0.2) is 0 Å². The summed E-state index contributed by atoms with van der Waals surface area (Å²) >= 11 is 0. The molecule has 0 heterocycles. The summed E-state index contributed by atoms with van der Waals surface area (Å²) in [6.45, 7) is 32.1. The molecule has 39 heavy (non-hydrogen) atoms. The highest BCUT2D eigenvalue weighted by atomic mass is 14.3. The second-order valence-electron chi connectivity index (χ2n) is 14.9. The molecule has 0 unspecified atom stereocenters. The minimum Gasteiger partial charge on any atom is -0.0912 e. The summed E-state index contributed by atoms with van der Waals surface area (Å²) in [7, 11) is 0. The van der Waals surface area contributed by atoms with Gasteiger partial charge in [0.05, 0.1) is 0 Å². The summed E-state index contributed by atoms with van der Waals surface area (Å²) in [5.74, 6) is 1.06. The lowest BCUT2D eigenvalue weighted by Crippen LogP contribution is -2.20. The molecule has 0 saturated heterocycles. The Morgan fingerprint density at radius 3 is 1.28 bits per heavy atom. The fourth-order valence-electron chi connectivity index (χ4n) is 5.13. The average Bonchev–Trinajstić information content (AvgIpc) is 2.84. The molecule has 0 aliphatic rings. The molecule has 0 fully saturated rings. The highest BCUT2D eigenvalue weighted by Gasteiger charge is 2.25. The van der Waals surface area contributed by atoms with Crippen LogP contribution in [0.3, 0.4) is 0 Å². The molecule has 0 radical (unpaired) electrons. The van der Waals surface area contributed by atoms with Gasteiger partial charge in [0.25, 0.3) is 0 Å². The van der Waals surface area contributed by atoms with Crippen LogP contribution in [0.1, 0.15) is 99.8 Å². The Morgan fingerprint density at radius 2 is 0.974 bits per heavy atom. The monoisotopic (exact) mass is 520 g/mol. The van der Waals surface area contributed by atoms with E-state index < -0.39 is 0 Å². The van der Waals surface area contributed by atoms with Crippen molar-refractivity contribution in [3.8, 4) is 22.3 Å². The third-order valence-electron chi connectivity index (χ3n) is 8.16. The fourth-order valence-corrected chi connectivity index (χ4v) is 5.13. The number of rotatable bonds is 6. The first-order valence-electron chi connectivity index (χ1n) is 14.7. The van der Waals surface area contributed by atoms with E-state index in [1.54, 1.807) is 0 Å². The van der Waals surface area contributed by atoms with Crippen molar-refractivity contribution in [3.05, 3.63) is 102 Å². The molecule has 0 amide bonds. The Kier molecular flexibility index (Phi) is 8.91. The standard InChI is InChI=1S/C39H52/c1-26(2)28(4)36(39(11,12)13)22-27(3)31-23-32(29-14-18-34(19-15-29)37(5,6)7)25-33(24-31)30-16-20-35(21-17-30)38(8,9)10/h14-26,28H,3H2,1-2,4-13H3/b36-22-/t28-/m0/s1. The molecular weight excluding hydrogens is 468 g/mol. The maximum atomic E-state index is 4.61. The molecule has 1 atom stereocenters. The van der Waals surface area contributed by atoms with E-state index in [9.17, 15) is 0 Å². The number of allylic oxidation sites excluding steroid dienone is 3. The SMILES string of the molecule is C=C(/C=C(/[C@@H](C)C(C)C)C(C)(C)C)c1cc(-c2ccc(C(C)(C)C)cc2)cc(-c2ccc(C(C)(C)C)cc2)c1. The van der Waals surface area contributed by atoms with E-state index in [1.807, 2.05) is 0 Å². The van der Waals surface area contributed by atoms with Crippen molar-refractivity contribution in [1.29, 1.82) is 0 Å². The van der Waals surface area contributed by atoms with Crippen LogP contribution in [0.25, 0.3) is 27.8 Å². The van der Waals surface area contributed by atoms with Crippen molar-refractivity contribution in [3.63, 3.8) is 0 Å². The van der Waals surface area contributed by atoms with E-state index in [0.29, 0.717) is 11.8 Å². The van der Waals surface area contributed by atoms with Gasteiger partial charge >= 0.3 is 0 Å². The van der Waals surface area contributed by atoms with Crippen LogP contribution in [0, 0.1) is 17.3 Å². The van der Waals surface area contributed by atoms with Crippen molar-refractivity contribution in [2.45, 2.75) is 93.9 Å². The maximum Gasteiger partial charge on any atom is -0.0132 e. The summed E-state index contributed by atoms with van der Waals surface area (Å²) in [6.07, 6.45) is 2.36. The molecule has 0 nitrogen and oxygen atoms in total. The molecule has 0 aliphatic carbocycles. The largest absolute Gasteiger partial charge is 0.0912 e. The van der Waals surface area contributed by atoms with Crippen LogP contribution >= 0.6 is 0 Å². The van der Waals surface area contributed by atoms with Crippen LogP contribution in [-0.2, 0) is 10.8 Å². The van der Waals surface area contributed by atoms with Crippen molar-refractivity contribution in [2.75, 3.05) is 0 Å². The zero-order chi connectivity index (χ0) is 29.3. The lowest BCUT2D eigenvalue weighted by molar-refractivity contribution is 0.374. The van der Waals surface area contributed by atoms with Gasteiger partial charge in [-0.15, -0.1) is 0 Å². The van der Waals surface area contributed by atoms with Crippen molar-refractivity contribution >= 4 is 5.57 Å². The van der Waals surface area contributed by atoms with Gasteiger partial charge in [-0.3, -0.25) is 0 Å². The van der Waals surface area contributed by atoms with E-state index in [2.05, 4.69) is 162 Å². The molecular formula is C39H52. The molecule has 0 aromatic heterocycles. The van der Waals surface area contributed by atoms with E-state index in [-0.39, 0.29) is 16.2 Å². The summed E-state index contributed by atoms with van der Waals surface area (Å²) in [5, 5.41) is 0. The number of hydrogen-bond acceptors (Lipinski definition) is 0. The predicted octanol–water partition coefficient (Wildman–Crippen LogP) is 11.9. The van der Waals surface area contributed by atoms with E-state index in [4.69, 9.17) is 0 Å². The third-order valence-corrected chi connectivity index (χ3v) is 8.16. The summed E-state index contributed by atoms with van der Waals surface area (Å²) < 4.78 is 0. The zero-order valence-corrected chi connectivity index (χ0v) is 26.8. The van der Waals surface area contributed by atoms with Gasteiger partial charge in [-0.2, -0.15) is 0 Å². The van der Waals surface area contributed by atoms with Crippen LogP contribution in [0.2, 0.25) is 0 Å². The van der Waals surface area contributed by atoms with Gasteiger partial charge in [-0.25, -0.2) is 0 Å². The van der Waals surface area contributed by atoms with Crippen LogP contribution in [-0.4, -0.2) is 0 Å². The van der Waals surface area contributed by atoms with Crippen LogP contribution in [0.5, 0.6) is 0 Å². The van der Waals surface area contributed by atoms with E-state index in [0.717, 1.165) is 5.57 Å². The molecule has 3 rings (SSSR count). The Morgan fingerprint density at radius 1 is 0.590 bits per heavy atom. The van der Waals surface area contributed by atoms with E-state index in [1.165, 1.54) is 44.5 Å². The zero-order valence-electron chi connectivity index (χ0n) is 26.8. The van der Waals surface area contributed by atoms with Crippen LogP contribution in [0.4, 0.5) is 0 Å². The number of benzene rings is 3. The van der Waals surface area contributed by atoms with Gasteiger partial charge in [-0.05, 0) is 90.8 Å². The second kappa shape index (κ2) is 11.3. The molecule has 208 valence electrons. The van der Waals surface area contributed by atoms with Crippen molar-refractivity contribution in [2.24, 2.45) is 17.3 Å². The topological polar surface area (TPSA) is 0 Å². The predicted molar refractivity (Wildman–Crippen MR) is 175 cm³/mol. The van der Waals surface area contributed by atoms with Gasteiger partial charge in [-0.1, -0.05) is 150 Å². The van der Waals surface area contributed by atoms with Gasteiger partial charge < -0.3 is 0 Å². The Balaban J connectivity index is 2.18. The first-order valence-corrected chi connectivity index (χ1v) is 14.7. The second-order valence-corrected chi connectivity index (χ2v) is 14.9. The molecule has 0 spiro atoms. The quantitative estimate of drug-likeness (QED) is 0.283. The third kappa shape index (κ3) is 7.63. The minimum atomic E-state index is 0.0820. The fraction of sp³-hybridized carbons (Fsp3) is 0.436. The molecule has 0 heteroatoms. The Labute approximate surface area is 240 Å².